The second-order valence-electron chi connectivity index (χ2n) is 17.9. The van der Waals surface area contributed by atoms with Gasteiger partial charge in [-0.1, -0.05) is 153 Å². The van der Waals surface area contributed by atoms with Crippen molar-refractivity contribution >= 4 is 85.0 Å². The molecular weight excluding hydrogens is 843 g/mol. The first-order valence-corrected chi connectivity index (χ1v) is 24.0. The van der Waals surface area contributed by atoms with E-state index >= 15 is 0 Å². The summed E-state index contributed by atoms with van der Waals surface area (Å²) >= 11 is 3.60. The van der Waals surface area contributed by atoms with Gasteiger partial charge in [-0.3, -0.25) is 0 Å². The minimum Gasteiger partial charge on any atom is -0.456 e. The first kappa shape index (κ1) is 37.6. The van der Waals surface area contributed by atoms with E-state index in [4.69, 9.17) is 19.4 Å². The van der Waals surface area contributed by atoms with E-state index in [2.05, 4.69) is 190 Å². The van der Waals surface area contributed by atoms with Gasteiger partial charge in [0.15, 0.2) is 17.5 Å². The summed E-state index contributed by atoms with van der Waals surface area (Å²) in [5.74, 6) is 1.88. The fourth-order valence-electron chi connectivity index (χ4n) is 10.5. The van der Waals surface area contributed by atoms with Crippen LogP contribution in [0.2, 0.25) is 0 Å². The summed E-state index contributed by atoms with van der Waals surface area (Å²) in [5.41, 5.74) is 14.5. The average molecular weight is 880 g/mol. The van der Waals surface area contributed by atoms with Crippen molar-refractivity contribution in [3.05, 3.63) is 199 Å². The van der Waals surface area contributed by atoms with Gasteiger partial charge in [0, 0.05) is 73.2 Å². The lowest BCUT2D eigenvalue weighted by Gasteiger charge is -2.22. The fourth-order valence-corrected chi connectivity index (χ4v) is 12.8. The van der Waals surface area contributed by atoms with Crippen molar-refractivity contribution in [2.24, 2.45) is 0 Å². The molecule has 0 spiro atoms. The Hall–Kier alpha value is -7.77. The van der Waals surface area contributed by atoms with Crippen LogP contribution in [0, 0.1) is 0 Å². The average Bonchev–Trinajstić information content (AvgIpc) is 4.11. The molecule has 4 aromatic heterocycles. The largest absolute Gasteiger partial charge is 0.456 e. The summed E-state index contributed by atoms with van der Waals surface area (Å²) in [6.45, 7) is 4.67. The lowest BCUT2D eigenvalue weighted by atomic mass is 9.81. The predicted octanol–water partition coefficient (Wildman–Crippen LogP) is 17.1. The number of nitrogens with zero attached hydrogens (tertiary/aromatic N) is 3. The van der Waals surface area contributed by atoms with Crippen LogP contribution in [-0.4, -0.2) is 15.0 Å². The van der Waals surface area contributed by atoms with Crippen LogP contribution in [0.5, 0.6) is 0 Å². The van der Waals surface area contributed by atoms with E-state index in [1.165, 1.54) is 68.3 Å². The Kier molecular flexibility index (Phi) is 8.04. The Morgan fingerprint density at radius 2 is 0.909 bits per heavy atom. The molecule has 14 rings (SSSR count). The first-order chi connectivity index (χ1) is 32.4. The molecule has 0 aliphatic heterocycles. The maximum absolute atomic E-state index is 6.59. The third-order valence-corrected chi connectivity index (χ3v) is 16.1. The van der Waals surface area contributed by atoms with Crippen molar-refractivity contribution in [2.45, 2.75) is 19.3 Å². The summed E-state index contributed by atoms with van der Waals surface area (Å²) in [5, 5.41) is 6.87. The Morgan fingerprint density at radius 1 is 0.348 bits per heavy atom. The van der Waals surface area contributed by atoms with Gasteiger partial charge in [-0.05, 0) is 93.0 Å². The molecule has 4 nitrogen and oxygen atoms in total. The Balaban J connectivity index is 0.906. The zero-order chi connectivity index (χ0) is 43.7. The minimum absolute atomic E-state index is 0.0468. The van der Waals surface area contributed by atoms with Crippen LogP contribution < -0.4 is 0 Å². The zero-order valence-electron chi connectivity index (χ0n) is 36.0. The monoisotopic (exact) mass is 879 g/mol. The lowest BCUT2D eigenvalue weighted by Crippen LogP contribution is -2.14. The molecule has 0 bridgehead atoms. The molecular formula is C60H37N3OS2. The van der Waals surface area contributed by atoms with Crippen LogP contribution >= 0.6 is 22.7 Å². The second-order valence-corrected chi connectivity index (χ2v) is 20.1. The molecule has 4 heterocycles. The summed E-state index contributed by atoms with van der Waals surface area (Å²) in [6.07, 6.45) is 0. The van der Waals surface area contributed by atoms with Crippen LogP contribution in [0.25, 0.3) is 130 Å². The zero-order valence-corrected chi connectivity index (χ0v) is 37.6. The van der Waals surface area contributed by atoms with Gasteiger partial charge in [0.05, 0.1) is 0 Å². The quantitative estimate of drug-likeness (QED) is 0.173. The smallest absolute Gasteiger partial charge is 0.164 e. The van der Waals surface area contributed by atoms with Crippen LogP contribution in [0.15, 0.2) is 192 Å². The topological polar surface area (TPSA) is 51.8 Å². The molecule has 66 heavy (non-hydrogen) atoms. The third kappa shape index (κ3) is 5.65. The van der Waals surface area contributed by atoms with Gasteiger partial charge in [0.2, 0.25) is 0 Å². The van der Waals surface area contributed by atoms with Gasteiger partial charge in [-0.25, -0.2) is 15.0 Å². The lowest BCUT2D eigenvalue weighted by molar-refractivity contribution is 0.660. The number of fused-ring (bicyclic) bond motifs is 12. The number of hydrogen-bond acceptors (Lipinski definition) is 6. The predicted molar refractivity (Wildman–Crippen MR) is 278 cm³/mol. The van der Waals surface area contributed by atoms with Crippen LogP contribution in [0.3, 0.4) is 0 Å². The molecule has 0 fully saturated rings. The summed E-state index contributed by atoms with van der Waals surface area (Å²) in [6, 6.07) is 67.7. The molecule has 0 saturated heterocycles. The molecule has 6 heteroatoms. The number of benzene rings is 9. The van der Waals surface area contributed by atoms with Gasteiger partial charge in [-0.2, -0.15) is 0 Å². The van der Waals surface area contributed by atoms with Crippen LogP contribution in [0.4, 0.5) is 0 Å². The van der Waals surface area contributed by atoms with Gasteiger partial charge in [0.25, 0.3) is 0 Å². The second kappa shape index (κ2) is 14.1. The SMILES string of the molecule is CC1(C)c2ccccc2-c2ccc(-c3ccc(-c4ccc5oc6cccc(-c7nc(-c8ccc9c(c8)sc8ccccc89)nc(-c8cccc9sc%10ccccc%10c89)n7)c6c5c4)cc3)cc21. The summed E-state index contributed by atoms with van der Waals surface area (Å²) < 4.78 is 11.5. The van der Waals surface area contributed by atoms with E-state index < -0.39 is 0 Å². The Labute approximate surface area is 388 Å². The highest BCUT2D eigenvalue weighted by molar-refractivity contribution is 7.26. The maximum atomic E-state index is 6.59. The molecule has 1 aliphatic carbocycles. The van der Waals surface area contributed by atoms with Crippen molar-refractivity contribution < 1.29 is 4.42 Å². The van der Waals surface area contributed by atoms with E-state index in [1.807, 2.05) is 12.1 Å². The van der Waals surface area contributed by atoms with E-state index in [9.17, 15) is 0 Å². The third-order valence-electron chi connectivity index (χ3n) is 13.8. The van der Waals surface area contributed by atoms with Gasteiger partial charge in [0.1, 0.15) is 11.2 Å². The standard InChI is InChI=1S/C60H37N3OS2/c1-60(2)47-16-6-3-11-39(47)40-28-25-37(32-48(40)60)35-23-21-34(22-24-35)36-27-30-49-46(31-36)55-44(14-9-17-50(55)64-49)58-61-57(38-26-29-42-41-12-4-7-18-51(41)66-54(42)33-38)62-59(63-58)45-15-10-20-53-56(45)43-13-5-8-19-52(43)65-53/h3-33H,1-2H3. The Bertz CT molecular complexity index is 4150. The number of rotatable bonds is 5. The molecule has 0 atom stereocenters. The van der Waals surface area contributed by atoms with Crippen molar-refractivity contribution in [3.8, 4) is 67.5 Å². The highest BCUT2D eigenvalue weighted by atomic mass is 32.1. The van der Waals surface area contributed by atoms with Crippen LogP contribution in [0.1, 0.15) is 25.0 Å². The van der Waals surface area contributed by atoms with E-state index in [0.717, 1.165) is 55.1 Å². The molecule has 0 amide bonds. The number of thiophene rings is 2. The van der Waals surface area contributed by atoms with Crippen molar-refractivity contribution in [1.82, 2.24) is 15.0 Å². The highest BCUT2D eigenvalue weighted by Crippen LogP contribution is 2.50. The van der Waals surface area contributed by atoms with Gasteiger partial charge >= 0.3 is 0 Å². The number of aromatic nitrogens is 3. The van der Waals surface area contributed by atoms with E-state index in [-0.39, 0.29) is 5.41 Å². The normalized spacial score (nSPS) is 13.1. The van der Waals surface area contributed by atoms with Crippen molar-refractivity contribution in [1.29, 1.82) is 0 Å². The van der Waals surface area contributed by atoms with Gasteiger partial charge < -0.3 is 4.42 Å². The van der Waals surface area contributed by atoms with E-state index in [1.54, 1.807) is 22.7 Å². The van der Waals surface area contributed by atoms with Crippen molar-refractivity contribution in [2.75, 3.05) is 0 Å². The van der Waals surface area contributed by atoms with Crippen LogP contribution in [-0.2, 0) is 5.41 Å². The summed E-state index contributed by atoms with van der Waals surface area (Å²) in [4.78, 5) is 16.0. The molecule has 9 aromatic carbocycles. The molecule has 0 N–H and O–H groups in total. The molecule has 0 unspecified atom stereocenters. The molecule has 310 valence electrons. The molecule has 0 radical (unpaired) electrons. The molecule has 13 aromatic rings. The van der Waals surface area contributed by atoms with Gasteiger partial charge in [-0.15, -0.1) is 22.7 Å². The summed E-state index contributed by atoms with van der Waals surface area (Å²) in [7, 11) is 0. The number of hydrogen-bond donors (Lipinski definition) is 0. The van der Waals surface area contributed by atoms with E-state index in [0.29, 0.717) is 17.5 Å². The minimum atomic E-state index is -0.0468. The fraction of sp³-hybridized carbons (Fsp3) is 0.0500. The Morgan fingerprint density at radius 3 is 1.73 bits per heavy atom. The molecule has 1 aliphatic rings. The highest BCUT2D eigenvalue weighted by Gasteiger charge is 2.35. The maximum Gasteiger partial charge on any atom is 0.164 e. The van der Waals surface area contributed by atoms with Crippen molar-refractivity contribution in [3.63, 3.8) is 0 Å². The first-order valence-electron chi connectivity index (χ1n) is 22.3. The number of furan rings is 1. The molecule has 0 saturated carbocycles.